The predicted octanol–water partition coefficient (Wildman–Crippen LogP) is 5.95. The summed E-state index contributed by atoms with van der Waals surface area (Å²) in [5, 5.41) is 1.05. The maximum absolute atomic E-state index is 14.4. The summed E-state index contributed by atoms with van der Waals surface area (Å²) in [7, 11) is 1.60. The molecule has 0 fully saturated rings. The van der Waals surface area contributed by atoms with Crippen molar-refractivity contribution in [1.29, 1.82) is 0 Å². The van der Waals surface area contributed by atoms with Crippen LogP contribution in [-0.2, 0) is 16.1 Å². The molecule has 0 aliphatic carbocycles. The van der Waals surface area contributed by atoms with E-state index in [9.17, 15) is 9.59 Å². The molecule has 0 unspecified atom stereocenters. The van der Waals surface area contributed by atoms with Crippen molar-refractivity contribution in [3.63, 3.8) is 0 Å². The van der Waals surface area contributed by atoms with Crippen LogP contribution in [0.5, 0.6) is 5.75 Å². The van der Waals surface area contributed by atoms with Gasteiger partial charge in [0.2, 0.25) is 0 Å². The van der Waals surface area contributed by atoms with E-state index in [-0.39, 0.29) is 12.2 Å². The molecule has 46 heavy (non-hydrogen) atoms. The SMILES string of the molecule is CCOC(=O)C1=C(c2ccccc2)N=c2s/c(=C\c3cn(Cc4ccccc4)c4ccccc34)c(=O)n2[C@@H]1c1ccc(OC)cc1. The first-order valence-corrected chi connectivity index (χ1v) is 15.9. The lowest BCUT2D eigenvalue weighted by molar-refractivity contribution is -0.138. The third-order valence-corrected chi connectivity index (χ3v) is 9.09. The molecule has 6 aromatic rings. The Balaban J connectivity index is 1.45. The van der Waals surface area contributed by atoms with E-state index in [4.69, 9.17) is 14.5 Å². The van der Waals surface area contributed by atoms with Gasteiger partial charge in [-0.15, -0.1) is 0 Å². The number of aromatic nitrogens is 2. The Labute approximate surface area is 269 Å². The van der Waals surface area contributed by atoms with Crippen molar-refractivity contribution in [3.05, 3.63) is 163 Å². The van der Waals surface area contributed by atoms with Crippen molar-refractivity contribution in [2.45, 2.75) is 19.5 Å². The molecule has 7 rings (SSSR count). The molecule has 228 valence electrons. The highest BCUT2D eigenvalue weighted by Crippen LogP contribution is 2.35. The van der Waals surface area contributed by atoms with Gasteiger partial charge in [-0.05, 0) is 42.3 Å². The van der Waals surface area contributed by atoms with Gasteiger partial charge in [0.15, 0.2) is 4.80 Å². The smallest absolute Gasteiger partial charge is 0.338 e. The Morgan fingerprint density at radius 1 is 0.913 bits per heavy atom. The van der Waals surface area contributed by atoms with Crippen LogP contribution in [0.4, 0.5) is 0 Å². The molecule has 0 amide bonds. The number of hydrogen-bond acceptors (Lipinski definition) is 6. The van der Waals surface area contributed by atoms with Gasteiger partial charge in [0, 0.05) is 34.8 Å². The number of methoxy groups -OCH3 is 1. The summed E-state index contributed by atoms with van der Waals surface area (Å²) in [4.78, 5) is 33.6. The molecule has 1 aliphatic heterocycles. The summed E-state index contributed by atoms with van der Waals surface area (Å²) in [5.74, 6) is 0.164. The van der Waals surface area contributed by atoms with Gasteiger partial charge >= 0.3 is 5.97 Å². The summed E-state index contributed by atoms with van der Waals surface area (Å²) in [6.45, 7) is 2.67. The standard InChI is InChI=1S/C38H31N3O4S/c1-3-45-37(43)33-34(26-14-8-5-9-15-26)39-38-41(35(33)27-18-20-29(44-2)21-19-27)36(42)32(46-38)22-28-24-40(23-25-12-6-4-7-13-25)31-17-11-10-16-30(28)31/h4-22,24,35H,3,23H2,1-2H3/b32-22-/t35-/m1/s1. The maximum Gasteiger partial charge on any atom is 0.338 e. The van der Waals surface area contributed by atoms with Crippen molar-refractivity contribution in [2.75, 3.05) is 13.7 Å². The molecule has 3 heterocycles. The lowest BCUT2D eigenvalue weighted by atomic mass is 9.93. The fraction of sp³-hybridized carbons (Fsp3) is 0.132. The fourth-order valence-corrected chi connectivity index (χ4v) is 6.98. The van der Waals surface area contributed by atoms with Gasteiger partial charge in [0.05, 0.1) is 35.6 Å². The van der Waals surface area contributed by atoms with E-state index < -0.39 is 12.0 Å². The van der Waals surface area contributed by atoms with Crippen molar-refractivity contribution in [2.24, 2.45) is 4.99 Å². The third-order valence-electron chi connectivity index (χ3n) is 8.11. The molecule has 8 heteroatoms. The number of thiazole rings is 1. The Morgan fingerprint density at radius 2 is 1.61 bits per heavy atom. The van der Waals surface area contributed by atoms with Crippen molar-refractivity contribution < 1.29 is 14.3 Å². The van der Waals surface area contributed by atoms with Crippen LogP contribution in [0.3, 0.4) is 0 Å². The molecule has 7 nitrogen and oxygen atoms in total. The molecular weight excluding hydrogens is 595 g/mol. The highest BCUT2D eigenvalue weighted by atomic mass is 32.1. The molecule has 0 radical (unpaired) electrons. The number of nitrogens with zero attached hydrogens (tertiary/aromatic N) is 3. The lowest BCUT2D eigenvalue weighted by Gasteiger charge is -2.26. The van der Waals surface area contributed by atoms with Gasteiger partial charge < -0.3 is 14.0 Å². The zero-order valence-corrected chi connectivity index (χ0v) is 26.2. The Hall–Kier alpha value is -5.47. The van der Waals surface area contributed by atoms with Crippen LogP contribution < -0.4 is 19.6 Å². The zero-order chi connectivity index (χ0) is 31.6. The van der Waals surface area contributed by atoms with Crippen LogP contribution in [0.1, 0.15) is 35.2 Å². The van der Waals surface area contributed by atoms with E-state index in [1.54, 1.807) is 18.6 Å². The monoisotopic (exact) mass is 625 g/mol. The van der Waals surface area contributed by atoms with Crippen LogP contribution in [0.2, 0.25) is 0 Å². The minimum atomic E-state index is -0.752. The average molecular weight is 626 g/mol. The number of rotatable bonds is 8. The highest BCUT2D eigenvalue weighted by molar-refractivity contribution is 7.07. The van der Waals surface area contributed by atoms with Gasteiger partial charge in [-0.3, -0.25) is 9.36 Å². The second kappa shape index (κ2) is 12.5. The van der Waals surface area contributed by atoms with Crippen molar-refractivity contribution >= 4 is 40.0 Å². The normalized spacial score (nSPS) is 14.7. The largest absolute Gasteiger partial charge is 0.497 e. The first kappa shape index (κ1) is 29.3. The van der Waals surface area contributed by atoms with E-state index in [1.165, 1.54) is 16.9 Å². The summed E-state index contributed by atoms with van der Waals surface area (Å²) < 4.78 is 15.3. The molecule has 0 spiro atoms. The second-order valence-corrected chi connectivity index (χ2v) is 11.9. The van der Waals surface area contributed by atoms with Crippen LogP contribution >= 0.6 is 11.3 Å². The Morgan fingerprint density at radius 3 is 2.33 bits per heavy atom. The Bertz CT molecular complexity index is 2260. The molecule has 1 aliphatic rings. The van der Waals surface area contributed by atoms with Gasteiger partial charge in [-0.25, -0.2) is 9.79 Å². The third kappa shape index (κ3) is 5.37. The number of ether oxygens (including phenoxy) is 2. The average Bonchev–Trinajstić information content (AvgIpc) is 3.60. The minimum absolute atomic E-state index is 0.192. The summed E-state index contributed by atoms with van der Waals surface area (Å²) in [5.41, 5.74) is 5.31. The quantitative estimate of drug-likeness (QED) is 0.196. The number of benzene rings is 4. The summed E-state index contributed by atoms with van der Waals surface area (Å²) in [6, 6.07) is 34.7. The molecule has 4 aromatic carbocycles. The zero-order valence-electron chi connectivity index (χ0n) is 25.4. The van der Waals surface area contributed by atoms with Gasteiger partial charge in [-0.1, -0.05) is 102 Å². The van der Waals surface area contributed by atoms with Crippen molar-refractivity contribution in [3.8, 4) is 5.75 Å². The number of esters is 1. The van der Waals surface area contributed by atoms with E-state index >= 15 is 0 Å². The van der Waals surface area contributed by atoms with Crippen molar-refractivity contribution in [1.82, 2.24) is 9.13 Å². The number of carbonyl (C=O) groups excluding carboxylic acids is 1. The van der Waals surface area contributed by atoms with Gasteiger partial charge in [-0.2, -0.15) is 0 Å². The molecule has 0 N–H and O–H groups in total. The number of para-hydroxylation sites is 1. The first-order chi connectivity index (χ1) is 22.6. The van der Waals surface area contributed by atoms with Crippen LogP contribution in [-0.4, -0.2) is 28.8 Å². The molecule has 2 aromatic heterocycles. The summed E-state index contributed by atoms with van der Waals surface area (Å²) in [6.07, 6.45) is 4.03. The fourth-order valence-electron chi connectivity index (χ4n) is 5.98. The highest BCUT2D eigenvalue weighted by Gasteiger charge is 2.35. The maximum atomic E-state index is 14.4. The van der Waals surface area contributed by atoms with Crippen LogP contribution in [0.25, 0.3) is 22.7 Å². The minimum Gasteiger partial charge on any atom is -0.497 e. The molecule has 0 saturated carbocycles. The van der Waals surface area contributed by atoms with E-state index in [0.29, 0.717) is 32.9 Å². The molecule has 0 bridgehead atoms. The lowest BCUT2D eigenvalue weighted by Crippen LogP contribution is -2.40. The number of fused-ring (bicyclic) bond motifs is 2. The number of hydrogen-bond donors (Lipinski definition) is 0. The predicted molar refractivity (Wildman–Crippen MR) is 182 cm³/mol. The molecular formula is C38H31N3O4S. The van der Waals surface area contributed by atoms with Gasteiger partial charge in [0.1, 0.15) is 5.75 Å². The second-order valence-electron chi connectivity index (χ2n) is 10.9. The van der Waals surface area contributed by atoms with Crippen LogP contribution in [0.15, 0.2) is 131 Å². The van der Waals surface area contributed by atoms with Crippen LogP contribution in [0, 0.1) is 0 Å². The van der Waals surface area contributed by atoms with E-state index in [1.807, 2.05) is 91.0 Å². The topological polar surface area (TPSA) is 74.8 Å². The Kier molecular flexibility index (Phi) is 7.95. The van der Waals surface area contributed by atoms with E-state index in [2.05, 4.69) is 35.0 Å². The first-order valence-electron chi connectivity index (χ1n) is 15.1. The number of carbonyl (C=O) groups is 1. The van der Waals surface area contributed by atoms with E-state index in [0.717, 1.165) is 27.6 Å². The summed E-state index contributed by atoms with van der Waals surface area (Å²) >= 11 is 1.32. The molecule has 1 atom stereocenters. The molecule has 0 saturated heterocycles. The van der Waals surface area contributed by atoms with Gasteiger partial charge in [0.25, 0.3) is 5.56 Å².